The predicted octanol–water partition coefficient (Wildman–Crippen LogP) is 5.04. The first-order valence-corrected chi connectivity index (χ1v) is 10.5. The lowest BCUT2D eigenvalue weighted by Crippen LogP contribution is -2.44. The van der Waals surface area contributed by atoms with Gasteiger partial charge in [-0.3, -0.25) is 14.5 Å². The number of benzene rings is 2. The SMILES string of the molecule is CC1(C)C(=O)N(c2ccc(C#N)c(C(F)(F)F)c2F)C(=S)N1c1ccc(CCCC(=O)O)cc1. The number of anilines is 2. The lowest BCUT2D eigenvalue weighted by atomic mass is 10.0. The van der Waals surface area contributed by atoms with Gasteiger partial charge in [0.05, 0.1) is 17.3 Å². The molecule has 0 radical (unpaired) electrons. The van der Waals surface area contributed by atoms with Crippen molar-refractivity contribution in [3.63, 3.8) is 0 Å². The van der Waals surface area contributed by atoms with Crippen molar-refractivity contribution in [2.75, 3.05) is 9.80 Å². The third-order valence-electron chi connectivity index (χ3n) is 5.49. The van der Waals surface area contributed by atoms with Crippen molar-refractivity contribution in [2.45, 2.75) is 44.8 Å². The number of nitrogens with zero attached hydrogens (tertiary/aromatic N) is 3. The molecule has 0 bridgehead atoms. The van der Waals surface area contributed by atoms with Crippen molar-refractivity contribution in [1.29, 1.82) is 5.26 Å². The lowest BCUT2D eigenvalue weighted by Gasteiger charge is -2.29. The number of thiocarbonyl (C=S) groups is 1. The normalized spacial score (nSPS) is 15.6. The molecule has 0 saturated carbocycles. The second-order valence-electron chi connectivity index (χ2n) is 8.16. The van der Waals surface area contributed by atoms with Gasteiger partial charge in [-0.1, -0.05) is 12.1 Å². The number of carboxylic acids is 1. The molecule has 0 unspecified atom stereocenters. The molecule has 34 heavy (non-hydrogen) atoms. The number of alkyl halides is 3. The van der Waals surface area contributed by atoms with Gasteiger partial charge in [-0.25, -0.2) is 4.39 Å². The largest absolute Gasteiger partial charge is 0.481 e. The first kappa shape index (κ1) is 25.1. The number of rotatable bonds is 6. The summed E-state index contributed by atoms with van der Waals surface area (Å²) in [5.41, 5.74) is -3.39. The number of amides is 1. The first-order chi connectivity index (χ1) is 15.8. The molecule has 11 heteroatoms. The number of carbonyl (C=O) groups is 2. The van der Waals surface area contributed by atoms with Crippen LogP contribution in [0.2, 0.25) is 0 Å². The topological polar surface area (TPSA) is 84.6 Å². The summed E-state index contributed by atoms with van der Waals surface area (Å²) in [6.45, 7) is 3.02. The van der Waals surface area contributed by atoms with E-state index in [1.165, 1.54) is 24.8 Å². The Morgan fingerprint density at radius 1 is 1.18 bits per heavy atom. The van der Waals surface area contributed by atoms with E-state index >= 15 is 4.39 Å². The Bertz CT molecular complexity index is 1200. The molecular formula is C23H19F4N3O3S. The van der Waals surface area contributed by atoms with E-state index < -0.39 is 46.2 Å². The van der Waals surface area contributed by atoms with E-state index in [-0.39, 0.29) is 11.5 Å². The molecule has 1 heterocycles. The second kappa shape index (κ2) is 9.02. The summed E-state index contributed by atoms with van der Waals surface area (Å²) >= 11 is 5.39. The molecule has 6 nitrogen and oxygen atoms in total. The third-order valence-corrected chi connectivity index (χ3v) is 5.85. The van der Waals surface area contributed by atoms with Crippen LogP contribution in [-0.2, 0) is 22.2 Å². The molecule has 0 spiro atoms. The zero-order chi connectivity index (χ0) is 25.4. The lowest BCUT2D eigenvalue weighted by molar-refractivity contribution is -0.140. The van der Waals surface area contributed by atoms with E-state index in [9.17, 15) is 22.8 Å². The molecule has 1 saturated heterocycles. The van der Waals surface area contributed by atoms with Crippen LogP contribution in [0.4, 0.5) is 28.9 Å². The maximum Gasteiger partial charge on any atom is 0.420 e. The number of aliphatic carboxylic acids is 1. The zero-order valence-electron chi connectivity index (χ0n) is 18.1. The number of hydrogen-bond acceptors (Lipinski definition) is 4. The van der Waals surface area contributed by atoms with Gasteiger partial charge in [-0.15, -0.1) is 0 Å². The fourth-order valence-corrected chi connectivity index (χ4v) is 4.32. The van der Waals surface area contributed by atoms with E-state index in [2.05, 4.69) is 0 Å². The van der Waals surface area contributed by atoms with Gasteiger partial charge in [-0.2, -0.15) is 18.4 Å². The van der Waals surface area contributed by atoms with Crippen LogP contribution >= 0.6 is 12.2 Å². The van der Waals surface area contributed by atoms with Gasteiger partial charge < -0.3 is 10.0 Å². The quantitative estimate of drug-likeness (QED) is 0.448. The van der Waals surface area contributed by atoms with Crippen molar-refractivity contribution in [3.05, 3.63) is 58.9 Å². The zero-order valence-corrected chi connectivity index (χ0v) is 18.9. The van der Waals surface area contributed by atoms with Crippen LogP contribution in [0, 0.1) is 17.1 Å². The Balaban J connectivity index is 1.99. The number of halogens is 4. The molecule has 1 aliphatic heterocycles. The summed E-state index contributed by atoms with van der Waals surface area (Å²) in [7, 11) is 0. The molecule has 0 aliphatic carbocycles. The maximum atomic E-state index is 15.0. The molecule has 2 aromatic rings. The summed E-state index contributed by atoms with van der Waals surface area (Å²) in [6.07, 6.45) is -4.18. The van der Waals surface area contributed by atoms with Crippen molar-refractivity contribution in [2.24, 2.45) is 0 Å². The molecule has 2 aromatic carbocycles. The highest BCUT2D eigenvalue weighted by molar-refractivity contribution is 7.81. The highest BCUT2D eigenvalue weighted by Crippen LogP contribution is 2.41. The van der Waals surface area contributed by atoms with Crippen molar-refractivity contribution in [1.82, 2.24) is 0 Å². The van der Waals surface area contributed by atoms with Gasteiger partial charge in [0.15, 0.2) is 10.9 Å². The van der Waals surface area contributed by atoms with Gasteiger partial charge in [0.1, 0.15) is 11.1 Å². The molecule has 1 fully saturated rings. The minimum Gasteiger partial charge on any atom is -0.481 e. The Hall–Kier alpha value is -3.52. The Kier molecular flexibility index (Phi) is 6.66. The minimum atomic E-state index is -5.15. The molecular weight excluding hydrogens is 474 g/mol. The van der Waals surface area contributed by atoms with Gasteiger partial charge in [0.2, 0.25) is 0 Å². The summed E-state index contributed by atoms with van der Waals surface area (Å²) in [5.74, 6) is -3.39. The molecule has 0 aromatic heterocycles. The van der Waals surface area contributed by atoms with E-state index in [1.807, 2.05) is 0 Å². The van der Waals surface area contributed by atoms with Crippen LogP contribution in [0.15, 0.2) is 36.4 Å². The number of nitriles is 1. The van der Waals surface area contributed by atoms with Crippen LogP contribution in [0.25, 0.3) is 0 Å². The van der Waals surface area contributed by atoms with Crippen molar-refractivity contribution >= 4 is 40.6 Å². The molecule has 1 amide bonds. The van der Waals surface area contributed by atoms with Crippen LogP contribution in [0.3, 0.4) is 0 Å². The third kappa shape index (κ3) is 4.46. The second-order valence-corrected chi connectivity index (χ2v) is 8.53. The highest BCUT2D eigenvalue weighted by atomic mass is 32.1. The average Bonchev–Trinajstić information content (AvgIpc) is 2.91. The van der Waals surface area contributed by atoms with Crippen LogP contribution in [0.1, 0.15) is 43.4 Å². The fraction of sp³-hybridized carbons (Fsp3) is 0.304. The summed E-state index contributed by atoms with van der Waals surface area (Å²) in [6, 6.07) is 9.81. The standard InChI is InChI=1S/C23H19F4N3O3S/c1-22(2)20(33)29(16-11-8-14(12-28)18(19(16)24)23(25,26)27)21(34)30(22)15-9-6-13(7-10-15)4-3-5-17(31)32/h6-11H,3-5H2,1-2H3,(H,31,32). The molecule has 0 atom stereocenters. The van der Waals surface area contributed by atoms with E-state index in [4.69, 9.17) is 22.6 Å². The van der Waals surface area contributed by atoms with E-state index in [0.29, 0.717) is 23.4 Å². The summed E-state index contributed by atoms with van der Waals surface area (Å²) in [4.78, 5) is 26.0. The Morgan fingerprint density at radius 2 is 1.79 bits per heavy atom. The van der Waals surface area contributed by atoms with E-state index in [1.54, 1.807) is 24.3 Å². The molecule has 1 N–H and O–H groups in total. The van der Waals surface area contributed by atoms with E-state index in [0.717, 1.165) is 17.7 Å². The number of aryl methyl sites for hydroxylation is 1. The van der Waals surface area contributed by atoms with Crippen molar-refractivity contribution < 1.29 is 32.3 Å². The predicted molar refractivity (Wildman–Crippen MR) is 120 cm³/mol. The summed E-state index contributed by atoms with van der Waals surface area (Å²) in [5, 5.41) is 17.5. The summed E-state index contributed by atoms with van der Waals surface area (Å²) < 4.78 is 55.4. The van der Waals surface area contributed by atoms with Crippen LogP contribution < -0.4 is 9.80 Å². The fourth-order valence-electron chi connectivity index (χ4n) is 3.80. The first-order valence-electron chi connectivity index (χ1n) is 10.1. The van der Waals surface area contributed by atoms with Gasteiger partial charge in [0.25, 0.3) is 5.91 Å². The monoisotopic (exact) mass is 493 g/mol. The van der Waals surface area contributed by atoms with Gasteiger partial charge in [-0.05, 0) is 68.7 Å². The Morgan fingerprint density at radius 3 is 2.32 bits per heavy atom. The average molecular weight is 493 g/mol. The maximum absolute atomic E-state index is 15.0. The molecule has 1 aliphatic rings. The van der Waals surface area contributed by atoms with Crippen LogP contribution in [-0.4, -0.2) is 27.6 Å². The smallest absolute Gasteiger partial charge is 0.420 e. The molecule has 178 valence electrons. The number of carbonyl (C=O) groups excluding carboxylic acids is 1. The van der Waals surface area contributed by atoms with Gasteiger partial charge in [0, 0.05) is 12.1 Å². The number of carboxylic acid groups (broad SMARTS) is 1. The van der Waals surface area contributed by atoms with Crippen molar-refractivity contribution in [3.8, 4) is 6.07 Å². The van der Waals surface area contributed by atoms with Gasteiger partial charge >= 0.3 is 12.1 Å². The minimum absolute atomic E-state index is 0.0184. The number of hydrogen-bond donors (Lipinski definition) is 1. The van der Waals surface area contributed by atoms with Crippen LogP contribution in [0.5, 0.6) is 0 Å². The Labute approximate surface area is 198 Å². The highest BCUT2D eigenvalue weighted by Gasteiger charge is 2.51. The molecule has 3 rings (SSSR count).